The van der Waals surface area contributed by atoms with Crippen LogP contribution in [0.4, 0.5) is 4.39 Å². The number of halogens is 1. The quantitative estimate of drug-likeness (QED) is 0.747. The summed E-state index contributed by atoms with van der Waals surface area (Å²) in [6.07, 6.45) is 1.67. The fraction of sp³-hybridized carbons (Fsp3) is 0.111. The van der Waals surface area contributed by atoms with Crippen LogP contribution in [-0.2, 0) is 4.79 Å². The molecular formula is C18H14FNO2S. The third kappa shape index (κ3) is 3.63. The average Bonchev–Trinajstić information content (AvgIpc) is 3.07. The number of carboxylic acid groups (broad SMARTS) is 1. The summed E-state index contributed by atoms with van der Waals surface area (Å²) >= 11 is 1.45. The standard InChI is InChI=1S/C18H14FNO2S/c19-15-6-4-12(5-7-15)13-2-1-3-14(10-13)16(11-17(21)22)18-20-8-9-23-18/h1-10,16H,11H2,(H,21,22). The van der Waals surface area contributed by atoms with E-state index in [1.54, 1.807) is 18.3 Å². The lowest BCUT2D eigenvalue weighted by Crippen LogP contribution is -2.07. The summed E-state index contributed by atoms with van der Waals surface area (Å²) in [5.41, 5.74) is 2.71. The second kappa shape index (κ2) is 6.71. The minimum atomic E-state index is -0.864. The fourth-order valence-electron chi connectivity index (χ4n) is 2.51. The Bertz CT molecular complexity index is 800. The first-order valence-electron chi connectivity index (χ1n) is 7.10. The van der Waals surface area contributed by atoms with Gasteiger partial charge in [0.2, 0.25) is 0 Å². The van der Waals surface area contributed by atoms with Crippen molar-refractivity contribution in [3.8, 4) is 11.1 Å². The van der Waals surface area contributed by atoms with Crippen LogP contribution in [0.25, 0.3) is 11.1 Å². The zero-order valence-corrected chi connectivity index (χ0v) is 13.0. The number of nitrogens with zero attached hydrogens (tertiary/aromatic N) is 1. The topological polar surface area (TPSA) is 50.2 Å². The van der Waals surface area contributed by atoms with E-state index in [9.17, 15) is 14.3 Å². The smallest absolute Gasteiger partial charge is 0.304 e. The molecular weight excluding hydrogens is 313 g/mol. The highest BCUT2D eigenvalue weighted by Crippen LogP contribution is 2.32. The van der Waals surface area contributed by atoms with E-state index >= 15 is 0 Å². The van der Waals surface area contributed by atoms with Crippen molar-refractivity contribution in [1.82, 2.24) is 4.98 Å². The lowest BCUT2D eigenvalue weighted by atomic mass is 9.93. The van der Waals surface area contributed by atoms with Crippen molar-refractivity contribution in [3.05, 3.63) is 76.5 Å². The molecule has 1 heterocycles. The van der Waals surface area contributed by atoms with E-state index in [1.807, 2.05) is 29.6 Å². The molecule has 1 atom stereocenters. The zero-order chi connectivity index (χ0) is 16.2. The summed E-state index contributed by atoms with van der Waals surface area (Å²) in [6.45, 7) is 0. The maximum absolute atomic E-state index is 13.1. The van der Waals surface area contributed by atoms with Gasteiger partial charge in [-0.05, 0) is 28.8 Å². The summed E-state index contributed by atoms with van der Waals surface area (Å²) in [6, 6.07) is 13.9. The van der Waals surface area contributed by atoms with Crippen LogP contribution in [0.1, 0.15) is 22.9 Å². The zero-order valence-electron chi connectivity index (χ0n) is 12.1. The van der Waals surface area contributed by atoms with Gasteiger partial charge in [-0.3, -0.25) is 4.79 Å². The van der Waals surface area contributed by atoms with Crippen molar-refractivity contribution in [1.29, 1.82) is 0 Å². The maximum Gasteiger partial charge on any atom is 0.304 e. The SMILES string of the molecule is O=C(O)CC(c1cccc(-c2ccc(F)cc2)c1)c1nccs1. The lowest BCUT2D eigenvalue weighted by molar-refractivity contribution is -0.137. The highest BCUT2D eigenvalue weighted by molar-refractivity contribution is 7.09. The highest BCUT2D eigenvalue weighted by atomic mass is 32.1. The summed E-state index contributed by atoms with van der Waals surface area (Å²) in [7, 11) is 0. The van der Waals surface area contributed by atoms with E-state index in [0.29, 0.717) is 0 Å². The van der Waals surface area contributed by atoms with Crippen LogP contribution in [0.15, 0.2) is 60.1 Å². The molecule has 116 valence electrons. The molecule has 0 radical (unpaired) electrons. The molecule has 0 bridgehead atoms. The minimum Gasteiger partial charge on any atom is -0.481 e. The third-order valence-electron chi connectivity index (χ3n) is 3.59. The van der Waals surface area contributed by atoms with Crippen LogP contribution < -0.4 is 0 Å². The molecule has 0 aliphatic carbocycles. The van der Waals surface area contributed by atoms with Crippen molar-refractivity contribution in [2.24, 2.45) is 0 Å². The molecule has 5 heteroatoms. The Kier molecular flexibility index (Phi) is 4.48. The fourth-order valence-corrected chi connectivity index (χ4v) is 3.27. The van der Waals surface area contributed by atoms with Gasteiger partial charge in [-0.1, -0.05) is 36.4 Å². The number of thiazole rings is 1. The summed E-state index contributed by atoms with van der Waals surface area (Å²) in [5, 5.41) is 11.8. The van der Waals surface area contributed by atoms with Gasteiger partial charge in [0.15, 0.2) is 0 Å². The van der Waals surface area contributed by atoms with Crippen molar-refractivity contribution in [2.75, 3.05) is 0 Å². The summed E-state index contributed by atoms with van der Waals surface area (Å²) < 4.78 is 13.1. The van der Waals surface area contributed by atoms with Gasteiger partial charge in [0, 0.05) is 17.5 Å². The number of hydrogen-bond donors (Lipinski definition) is 1. The predicted octanol–water partition coefficient (Wildman–Crippen LogP) is 4.56. The van der Waals surface area contributed by atoms with Crippen LogP contribution in [0.3, 0.4) is 0 Å². The van der Waals surface area contributed by atoms with Gasteiger partial charge >= 0.3 is 5.97 Å². The Labute approximate surface area is 137 Å². The molecule has 1 unspecified atom stereocenters. The van der Waals surface area contributed by atoms with Crippen LogP contribution in [0.2, 0.25) is 0 Å². The van der Waals surface area contributed by atoms with E-state index < -0.39 is 5.97 Å². The molecule has 1 aromatic heterocycles. The Morgan fingerprint density at radius 1 is 1.17 bits per heavy atom. The predicted molar refractivity (Wildman–Crippen MR) is 88.0 cm³/mol. The molecule has 0 aliphatic heterocycles. The molecule has 0 fully saturated rings. The molecule has 0 saturated heterocycles. The van der Waals surface area contributed by atoms with Gasteiger partial charge in [-0.2, -0.15) is 0 Å². The van der Waals surface area contributed by atoms with Gasteiger partial charge < -0.3 is 5.11 Å². The molecule has 3 rings (SSSR count). The van der Waals surface area contributed by atoms with Gasteiger partial charge in [0.1, 0.15) is 10.8 Å². The summed E-state index contributed by atoms with van der Waals surface area (Å²) in [4.78, 5) is 15.5. The molecule has 0 amide bonds. The van der Waals surface area contributed by atoms with Crippen LogP contribution in [0.5, 0.6) is 0 Å². The van der Waals surface area contributed by atoms with Crippen LogP contribution in [0, 0.1) is 5.82 Å². The first-order valence-corrected chi connectivity index (χ1v) is 7.98. The van der Waals surface area contributed by atoms with Gasteiger partial charge in [0.25, 0.3) is 0 Å². The van der Waals surface area contributed by atoms with Gasteiger partial charge in [-0.15, -0.1) is 11.3 Å². The molecule has 3 aromatic rings. The number of aromatic nitrogens is 1. The van der Waals surface area contributed by atoms with Crippen LogP contribution >= 0.6 is 11.3 Å². The largest absolute Gasteiger partial charge is 0.481 e. The number of carboxylic acids is 1. The third-order valence-corrected chi connectivity index (χ3v) is 4.48. The normalized spacial score (nSPS) is 12.0. The molecule has 2 aromatic carbocycles. The Morgan fingerprint density at radius 3 is 2.61 bits per heavy atom. The van der Waals surface area contributed by atoms with Crippen molar-refractivity contribution in [3.63, 3.8) is 0 Å². The molecule has 0 aliphatic rings. The van der Waals surface area contributed by atoms with Crippen molar-refractivity contribution >= 4 is 17.3 Å². The molecule has 1 N–H and O–H groups in total. The minimum absolute atomic E-state index is 0.0135. The van der Waals surface area contributed by atoms with Crippen molar-refractivity contribution in [2.45, 2.75) is 12.3 Å². The first kappa shape index (κ1) is 15.4. The number of benzene rings is 2. The molecule has 23 heavy (non-hydrogen) atoms. The van der Waals surface area contributed by atoms with Crippen LogP contribution in [-0.4, -0.2) is 16.1 Å². The van der Waals surface area contributed by atoms with E-state index in [0.717, 1.165) is 21.7 Å². The summed E-state index contributed by atoms with van der Waals surface area (Å²) in [5.74, 6) is -1.43. The molecule has 0 saturated carbocycles. The first-order chi connectivity index (χ1) is 11.1. The van der Waals surface area contributed by atoms with Gasteiger partial charge in [0.05, 0.1) is 6.42 Å². The van der Waals surface area contributed by atoms with Crippen molar-refractivity contribution < 1.29 is 14.3 Å². The molecule has 0 spiro atoms. The maximum atomic E-state index is 13.1. The van der Waals surface area contributed by atoms with E-state index in [1.165, 1.54) is 23.5 Å². The monoisotopic (exact) mass is 327 g/mol. The lowest BCUT2D eigenvalue weighted by Gasteiger charge is -2.14. The Balaban J connectivity index is 1.99. The van der Waals surface area contributed by atoms with Gasteiger partial charge in [-0.25, -0.2) is 9.37 Å². The Morgan fingerprint density at radius 2 is 1.96 bits per heavy atom. The van der Waals surface area contributed by atoms with E-state index in [-0.39, 0.29) is 18.2 Å². The second-order valence-electron chi connectivity index (χ2n) is 5.15. The second-order valence-corrected chi connectivity index (χ2v) is 6.08. The average molecular weight is 327 g/mol. The highest BCUT2D eigenvalue weighted by Gasteiger charge is 2.20. The number of aliphatic carboxylic acids is 1. The number of hydrogen-bond acceptors (Lipinski definition) is 3. The molecule has 3 nitrogen and oxygen atoms in total. The van der Waals surface area contributed by atoms with E-state index in [2.05, 4.69) is 4.98 Å². The Hall–Kier alpha value is -2.53. The number of carbonyl (C=O) groups is 1. The van der Waals surface area contributed by atoms with E-state index in [4.69, 9.17) is 0 Å². The number of rotatable bonds is 5.